The van der Waals surface area contributed by atoms with Crippen molar-refractivity contribution in [2.24, 2.45) is 5.92 Å². The highest BCUT2D eigenvalue weighted by Gasteiger charge is 2.33. The van der Waals surface area contributed by atoms with Crippen molar-refractivity contribution in [3.8, 4) is 39.9 Å². The van der Waals surface area contributed by atoms with E-state index in [1.54, 1.807) is 0 Å². The first-order valence-electron chi connectivity index (χ1n) is 20.0. The SMILES string of the molecule is CC1C=CC=CC1n1c2ccccc2c2ccc(C3(C)C=Cc4c(c5ccccc5n4-c4cnc(-c5nc(-c6ccccc6)cc(-c6ccccc6)n5)nc4)C3)cc21. The Labute approximate surface area is 337 Å². The summed E-state index contributed by atoms with van der Waals surface area (Å²) in [5.41, 5.74) is 11.8. The van der Waals surface area contributed by atoms with E-state index in [9.17, 15) is 0 Å². The molecule has 0 bridgehead atoms. The third-order valence-electron chi connectivity index (χ3n) is 12.2. The number of allylic oxidation sites excluding steroid dienone is 5. The lowest BCUT2D eigenvalue weighted by molar-refractivity contribution is 0.509. The number of aromatic nitrogens is 6. The average Bonchev–Trinajstić information content (AvgIpc) is 3.79. The highest BCUT2D eigenvalue weighted by Crippen LogP contribution is 2.44. The predicted octanol–water partition coefficient (Wildman–Crippen LogP) is 12.1. The summed E-state index contributed by atoms with van der Waals surface area (Å²) in [4.78, 5) is 19.7. The molecule has 0 radical (unpaired) electrons. The van der Waals surface area contributed by atoms with Gasteiger partial charge in [0.2, 0.25) is 0 Å². The minimum atomic E-state index is -0.219. The molecule has 9 aromatic rings. The van der Waals surface area contributed by atoms with Gasteiger partial charge in [-0.3, -0.25) is 0 Å². The normalized spacial score (nSPS) is 18.7. The van der Waals surface area contributed by atoms with Crippen molar-refractivity contribution in [2.75, 3.05) is 0 Å². The van der Waals surface area contributed by atoms with Crippen molar-refractivity contribution in [3.63, 3.8) is 0 Å². The lowest BCUT2D eigenvalue weighted by Gasteiger charge is -2.31. The molecule has 4 heterocycles. The molecule has 58 heavy (non-hydrogen) atoms. The van der Waals surface area contributed by atoms with Crippen LogP contribution in [0.25, 0.3) is 78.6 Å². The van der Waals surface area contributed by atoms with E-state index >= 15 is 0 Å². The van der Waals surface area contributed by atoms with E-state index in [1.165, 1.54) is 38.3 Å². The van der Waals surface area contributed by atoms with Gasteiger partial charge in [-0.1, -0.05) is 153 Å². The van der Waals surface area contributed by atoms with Gasteiger partial charge < -0.3 is 9.13 Å². The molecule has 2 aliphatic rings. The van der Waals surface area contributed by atoms with Crippen LogP contribution in [-0.4, -0.2) is 29.1 Å². The van der Waals surface area contributed by atoms with Crippen LogP contribution in [0.3, 0.4) is 0 Å². The van der Waals surface area contributed by atoms with Crippen LogP contribution >= 0.6 is 0 Å². The highest BCUT2D eigenvalue weighted by molar-refractivity contribution is 6.08. The monoisotopic (exact) mass is 748 g/mol. The molecule has 0 fully saturated rings. The summed E-state index contributed by atoms with van der Waals surface area (Å²) in [6.07, 6.45) is 18.4. The molecule has 0 amide bonds. The third-order valence-corrected chi connectivity index (χ3v) is 12.2. The maximum absolute atomic E-state index is 4.96. The first kappa shape index (κ1) is 34.1. The second-order valence-electron chi connectivity index (χ2n) is 15.8. The van der Waals surface area contributed by atoms with Gasteiger partial charge >= 0.3 is 0 Å². The number of para-hydroxylation sites is 2. The zero-order chi connectivity index (χ0) is 38.8. The van der Waals surface area contributed by atoms with Gasteiger partial charge in [-0.2, -0.15) is 0 Å². The third kappa shape index (κ3) is 5.55. The summed E-state index contributed by atoms with van der Waals surface area (Å²) < 4.78 is 4.85. The Bertz CT molecular complexity index is 3060. The van der Waals surface area contributed by atoms with Crippen molar-refractivity contribution >= 4 is 38.8 Å². The zero-order valence-corrected chi connectivity index (χ0v) is 32.4. The Morgan fingerprint density at radius 3 is 1.93 bits per heavy atom. The van der Waals surface area contributed by atoms with E-state index in [0.717, 1.165) is 45.8 Å². The molecular formula is C52H40N6. The number of nitrogens with zero attached hydrogens (tertiary/aromatic N) is 6. The van der Waals surface area contributed by atoms with E-state index in [2.05, 4.69) is 150 Å². The minimum Gasteiger partial charge on any atom is -0.333 e. The molecule has 3 atom stereocenters. The van der Waals surface area contributed by atoms with Gasteiger partial charge in [0.25, 0.3) is 0 Å². The van der Waals surface area contributed by atoms with Crippen molar-refractivity contribution in [1.82, 2.24) is 29.1 Å². The fourth-order valence-corrected chi connectivity index (χ4v) is 9.17. The Hall–Kier alpha value is -7.18. The second kappa shape index (κ2) is 13.5. The van der Waals surface area contributed by atoms with Crippen molar-refractivity contribution < 1.29 is 0 Å². The first-order chi connectivity index (χ1) is 28.5. The standard InChI is InChI=1S/C52H40N6/c1-34-15-9-12-22-45(34)58-47-24-14-10-20-39(47)41-26-25-37(29-49(41)58)52(2)28-27-48-42(31-52)40-21-11-13-23-46(40)57(48)38-32-53-50(54-33-38)51-55-43(35-16-5-3-6-17-35)30-44(56-51)36-18-7-4-8-19-36/h3-30,32-34,45H,31H2,1-2H3. The van der Waals surface area contributed by atoms with Gasteiger partial charge in [0, 0.05) is 49.4 Å². The molecule has 0 saturated heterocycles. The predicted molar refractivity (Wildman–Crippen MR) is 237 cm³/mol. The van der Waals surface area contributed by atoms with Crippen LogP contribution in [-0.2, 0) is 11.8 Å². The molecule has 0 saturated carbocycles. The molecule has 4 aromatic heterocycles. The average molecular weight is 749 g/mol. The first-order valence-corrected chi connectivity index (χ1v) is 20.0. The number of hydrogen-bond donors (Lipinski definition) is 0. The lowest BCUT2D eigenvalue weighted by atomic mass is 9.73. The number of rotatable bonds is 6. The summed E-state index contributed by atoms with van der Waals surface area (Å²) >= 11 is 0. The molecule has 2 aliphatic carbocycles. The van der Waals surface area contributed by atoms with Crippen LogP contribution in [0.4, 0.5) is 0 Å². The van der Waals surface area contributed by atoms with Crippen molar-refractivity contribution in [2.45, 2.75) is 31.7 Å². The van der Waals surface area contributed by atoms with Crippen LogP contribution in [0.1, 0.15) is 36.7 Å². The fourth-order valence-electron chi connectivity index (χ4n) is 9.17. The lowest BCUT2D eigenvalue weighted by Crippen LogP contribution is -2.25. The van der Waals surface area contributed by atoms with Crippen LogP contribution in [0.5, 0.6) is 0 Å². The Morgan fingerprint density at radius 2 is 1.22 bits per heavy atom. The Morgan fingerprint density at radius 1 is 0.603 bits per heavy atom. The van der Waals surface area contributed by atoms with E-state index < -0.39 is 0 Å². The van der Waals surface area contributed by atoms with E-state index in [-0.39, 0.29) is 11.5 Å². The maximum Gasteiger partial charge on any atom is 0.198 e. The largest absolute Gasteiger partial charge is 0.333 e. The van der Waals surface area contributed by atoms with Crippen LogP contribution in [0.2, 0.25) is 0 Å². The molecule has 3 unspecified atom stereocenters. The Kier molecular flexibility index (Phi) is 7.93. The summed E-state index contributed by atoms with van der Waals surface area (Å²) in [7, 11) is 0. The van der Waals surface area contributed by atoms with Crippen LogP contribution in [0, 0.1) is 5.92 Å². The van der Waals surface area contributed by atoms with Crippen molar-refractivity contribution in [1.29, 1.82) is 0 Å². The fraction of sp³-hybridized carbons (Fsp3) is 0.115. The number of benzene rings is 5. The molecule has 0 spiro atoms. The van der Waals surface area contributed by atoms with Crippen molar-refractivity contribution in [3.05, 3.63) is 193 Å². The van der Waals surface area contributed by atoms with Gasteiger partial charge in [0.05, 0.1) is 41.0 Å². The maximum atomic E-state index is 4.96. The highest BCUT2D eigenvalue weighted by atomic mass is 15.1. The molecule has 11 rings (SSSR count). The molecule has 0 aliphatic heterocycles. The van der Waals surface area contributed by atoms with Gasteiger partial charge in [-0.15, -0.1) is 0 Å². The summed E-state index contributed by atoms with van der Waals surface area (Å²) in [5, 5.41) is 3.84. The molecule has 5 aromatic carbocycles. The van der Waals surface area contributed by atoms with Gasteiger partial charge in [-0.25, -0.2) is 19.9 Å². The van der Waals surface area contributed by atoms with Gasteiger partial charge in [0.1, 0.15) is 0 Å². The zero-order valence-electron chi connectivity index (χ0n) is 32.4. The molecular weight excluding hydrogens is 709 g/mol. The van der Waals surface area contributed by atoms with Gasteiger partial charge in [0.15, 0.2) is 11.6 Å². The summed E-state index contributed by atoms with van der Waals surface area (Å²) in [5.74, 6) is 1.36. The number of fused-ring (bicyclic) bond motifs is 6. The quantitative estimate of drug-likeness (QED) is 0.170. The summed E-state index contributed by atoms with van der Waals surface area (Å²) in [6.45, 7) is 4.69. The molecule has 0 N–H and O–H groups in total. The topological polar surface area (TPSA) is 61.4 Å². The summed E-state index contributed by atoms with van der Waals surface area (Å²) in [6, 6.07) is 47.3. The minimum absolute atomic E-state index is 0.219. The van der Waals surface area contributed by atoms with Gasteiger partial charge in [-0.05, 0) is 53.8 Å². The Balaban J connectivity index is 0.987. The molecule has 6 nitrogen and oxygen atoms in total. The molecule has 278 valence electrons. The second-order valence-corrected chi connectivity index (χ2v) is 15.8. The van der Waals surface area contributed by atoms with E-state index in [4.69, 9.17) is 19.9 Å². The molecule has 6 heteroatoms. The smallest absolute Gasteiger partial charge is 0.198 e. The van der Waals surface area contributed by atoms with E-state index in [0.29, 0.717) is 17.6 Å². The number of hydrogen-bond acceptors (Lipinski definition) is 4. The van der Waals surface area contributed by atoms with Crippen LogP contribution in [0.15, 0.2) is 176 Å². The van der Waals surface area contributed by atoms with Crippen LogP contribution < -0.4 is 0 Å². The van der Waals surface area contributed by atoms with E-state index in [1.807, 2.05) is 54.9 Å².